The summed E-state index contributed by atoms with van der Waals surface area (Å²) in [4.78, 5) is 10.1. The summed E-state index contributed by atoms with van der Waals surface area (Å²) in [5, 5.41) is 10.9. The lowest BCUT2D eigenvalue weighted by Gasteiger charge is -2.40. The van der Waals surface area contributed by atoms with Crippen LogP contribution in [0.4, 0.5) is 18.9 Å². The first-order valence-corrected chi connectivity index (χ1v) is 7.00. The summed E-state index contributed by atoms with van der Waals surface area (Å²) in [5.41, 5.74) is -1.85. The van der Waals surface area contributed by atoms with Crippen LogP contribution in [0, 0.1) is 15.5 Å². The van der Waals surface area contributed by atoms with Crippen LogP contribution in [0.15, 0.2) is 18.2 Å². The van der Waals surface area contributed by atoms with Gasteiger partial charge in [0.1, 0.15) is 0 Å². The lowest BCUT2D eigenvalue weighted by atomic mass is 9.71. The molecule has 0 amide bonds. The first-order valence-electron chi connectivity index (χ1n) is 6.37. The Labute approximate surface area is 124 Å². The van der Waals surface area contributed by atoms with Crippen molar-refractivity contribution in [2.45, 2.75) is 25.4 Å². The van der Waals surface area contributed by atoms with Gasteiger partial charge in [-0.25, -0.2) is 0 Å². The van der Waals surface area contributed by atoms with Crippen molar-refractivity contribution >= 4 is 18.3 Å². The molecule has 1 saturated carbocycles. The van der Waals surface area contributed by atoms with Gasteiger partial charge in [-0.05, 0) is 30.7 Å². The number of nitro benzene ring substituents is 1. The Bertz CT molecular complexity index is 538. The number of thiol groups is 1. The highest BCUT2D eigenvalue weighted by atomic mass is 32.1. The second kappa shape index (κ2) is 5.75. The van der Waals surface area contributed by atoms with Crippen molar-refractivity contribution in [2.24, 2.45) is 5.41 Å². The molecular formula is C13H14F3NO3S. The van der Waals surface area contributed by atoms with Gasteiger partial charge in [0, 0.05) is 11.5 Å². The van der Waals surface area contributed by atoms with Gasteiger partial charge >= 0.3 is 11.9 Å². The Hall–Kier alpha value is -1.44. The molecule has 1 fully saturated rings. The van der Waals surface area contributed by atoms with Crippen LogP contribution in [-0.4, -0.2) is 17.3 Å². The summed E-state index contributed by atoms with van der Waals surface area (Å²) < 4.78 is 43.2. The van der Waals surface area contributed by atoms with Gasteiger partial charge in [0.15, 0.2) is 5.75 Å². The van der Waals surface area contributed by atoms with Gasteiger partial charge in [0.05, 0.1) is 17.1 Å². The van der Waals surface area contributed by atoms with E-state index in [0.717, 1.165) is 31.4 Å². The van der Waals surface area contributed by atoms with Crippen LogP contribution >= 0.6 is 12.6 Å². The lowest BCUT2D eigenvalue weighted by Crippen LogP contribution is -2.37. The Morgan fingerprint density at radius 3 is 2.48 bits per heavy atom. The molecule has 2 rings (SSSR count). The van der Waals surface area contributed by atoms with E-state index in [1.807, 2.05) is 0 Å². The van der Waals surface area contributed by atoms with E-state index >= 15 is 0 Å². The van der Waals surface area contributed by atoms with E-state index in [4.69, 9.17) is 4.74 Å². The molecular weight excluding hydrogens is 307 g/mol. The molecule has 0 aromatic heterocycles. The summed E-state index contributed by atoms with van der Waals surface area (Å²) in [7, 11) is 0. The van der Waals surface area contributed by atoms with Gasteiger partial charge in [-0.15, -0.1) is 0 Å². The third-order valence-corrected chi connectivity index (χ3v) is 4.44. The Morgan fingerprint density at radius 1 is 1.38 bits per heavy atom. The minimum atomic E-state index is -4.62. The monoisotopic (exact) mass is 321 g/mol. The molecule has 0 radical (unpaired) electrons. The van der Waals surface area contributed by atoms with E-state index in [1.54, 1.807) is 0 Å². The predicted molar refractivity (Wildman–Crippen MR) is 73.7 cm³/mol. The molecule has 0 saturated heterocycles. The molecule has 0 heterocycles. The quantitative estimate of drug-likeness (QED) is 0.505. The number of alkyl halides is 3. The van der Waals surface area contributed by atoms with Gasteiger partial charge in [-0.3, -0.25) is 10.1 Å². The van der Waals surface area contributed by atoms with Crippen molar-refractivity contribution in [1.82, 2.24) is 0 Å². The Morgan fingerprint density at radius 2 is 2.05 bits per heavy atom. The number of hydrogen-bond acceptors (Lipinski definition) is 4. The molecule has 0 atom stereocenters. The van der Waals surface area contributed by atoms with Crippen LogP contribution in [0.25, 0.3) is 0 Å². The molecule has 1 aliphatic rings. The van der Waals surface area contributed by atoms with Crippen LogP contribution in [0.1, 0.15) is 24.8 Å². The lowest BCUT2D eigenvalue weighted by molar-refractivity contribution is -0.386. The van der Waals surface area contributed by atoms with Crippen molar-refractivity contribution in [3.63, 3.8) is 0 Å². The van der Waals surface area contributed by atoms with E-state index in [9.17, 15) is 23.3 Å². The zero-order valence-electron chi connectivity index (χ0n) is 11.0. The minimum absolute atomic E-state index is 0.125. The van der Waals surface area contributed by atoms with E-state index in [2.05, 4.69) is 12.6 Å². The Kier molecular flexibility index (Phi) is 4.36. The van der Waals surface area contributed by atoms with Crippen molar-refractivity contribution in [1.29, 1.82) is 0 Å². The second-order valence-electron chi connectivity index (χ2n) is 5.24. The second-order valence-corrected chi connectivity index (χ2v) is 5.55. The Balaban J connectivity index is 2.21. The molecule has 0 N–H and O–H groups in total. The molecule has 1 aliphatic carbocycles. The zero-order chi connectivity index (χ0) is 15.7. The smallest absolute Gasteiger partial charge is 0.416 e. The number of nitrogens with zero attached hydrogens (tertiary/aromatic N) is 1. The fourth-order valence-corrected chi connectivity index (χ4v) is 2.62. The summed E-state index contributed by atoms with van der Waals surface area (Å²) in [6.07, 6.45) is -1.77. The van der Waals surface area contributed by atoms with Crippen LogP contribution < -0.4 is 4.74 Å². The standard InChI is InChI=1S/C13H14F3NO3S/c14-13(15,16)9-2-3-11(10(6-9)17(18)19)20-7-12(8-21)4-1-5-12/h2-3,6,21H,1,4-5,7-8H2. The predicted octanol–water partition coefficient (Wildman–Crippen LogP) is 4.09. The van der Waals surface area contributed by atoms with Gasteiger partial charge in [0.2, 0.25) is 0 Å². The van der Waals surface area contributed by atoms with Crippen LogP contribution in [0.2, 0.25) is 0 Å². The SMILES string of the molecule is O=[N+]([O-])c1cc(C(F)(F)F)ccc1OCC1(CS)CCC1. The topological polar surface area (TPSA) is 52.4 Å². The molecule has 1 aromatic rings. The van der Waals surface area contributed by atoms with Crippen LogP contribution in [0.5, 0.6) is 5.75 Å². The average Bonchev–Trinajstić information content (AvgIpc) is 2.36. The van der Waals surface area contributed by atoms with Gasteiger partial charge in [-0.2, -0.15) is 25.8 Å². The number of rotatable bonds is 5. The molecule has 8 heteroatoms. The van der Waals surface area contributed by atoms with E-state index in [0.29, 0.717) is 11.8 Å². The molecule has 0 aliphatic heterocycles. The highest BCUT2D eigenvalue weighted by Gasteiger charge is 2.38. The van der Waals surface area contributed by atoms with Gasteiger partial charge < -0.3 is 4.74 Å². The minimum Gasteiger partial charge on any atom is -0.486 e. The zero-order valence-corrected chi connectivity index (χ0v) is 11.9. The average molecular weight is 321 g/mol. The van der Waals surface area contributed by atoms with Crippen molar-refractivity contribution in [2.75, 3.05) is 12.4 Å². The molecule has 0 spiro atoms. The van der Waals surface area contributed by atoms with E-state index < -0.39 is 22.4 Å². The first-order chi connectivity index (χ1) is 9.77. The fraction of sp³-hybridized carbons (Fsp3) is 0.538. The maximum absolute atomic E-state index is 12.6. The molecule has 4 nitrogen and oxygen atoms in total. The van der Waals surface area contributed by atoms with Gasteiger partial charge in [-0.1, -0.05) is 6.42 Å². The molecule has 1 aromatic carbocycles. The first kappa shape index (κ1) is 15.9. The van der Waals surface area contributed by atoms with Crippen molar-refractivity contribution in [3.8, 4) is 5.75 Å². The molecule has 21 heavy (non-hydrogen) atoms. The van der Waals surface area contributed by atoms with E-state index in [1.165, 1.54) is 0 Å². The highest BCUT2D eigenvalue weighted by Crippen LogP contribution is 2.43. The maximum atomic E-state index is 12.6. The molecule has 0 bridgehead atoms. The number of nitro groups is 1. The summed E-state index contributed by atoms with van der Waals surface area (Å²) in [6, 6.07) is 2.30. The number of hydrogen-bond donors (Lipinski definition) is 1. The normalized spacial score (nSPS) is 17.1. The summed E-state index contributed by atoms with van der Waals surface area (Å²) in [6.45, 7) is 0.225. The van der Waals surface area contributed by atoms with Crippen LogP contribution in [0.3, 0.4) is 0 Å². The molecule has 116 valence electrons. The highest BCUT2D eigenvalue weighted by molar-refractivity contribution is 7.80. The van der Waals surface area contributed by atoms with Crippen molar-refractivity contribution < 1.29 is 22.8 Å². The number of benzene rings is 1. The fourth-order valence-electron chi connectivity index (χ4n) is 2.21. The summed E-state index contributed by atoms with van der Waals surface area (Å²) >= 11 is 4.24. The maximum Gasteiger partial charge on any atom is 0.416 e. The van der Waals surface area contributed by atoms with Crippen LogP contribution in [-0.2, 0) is 6.18 Å². The number of ether oxygens (including phenoxy) is 1. The molecule has 0 unspecified atom stereocenters. The van der Waals surface area contributed by atoms with Gasteiger partial charge in [0.25, 0.3) is 0 Å². The third kappa shape index (κ3) is 3.42. The largest absolute Gasteiger partial charge is 0.486 e. The number of halogens is 3. The third-order valence-electron chi connectivity index (χ3n) is 3.77. The van der Waals surface area contributed by atoms with Crippen molar-refractivity contribution in [3.05, 3.63) is 33.9 Å². The van der Waals surface area contributed by atoms with E-state index in [-0.39, 0.29) is 17.8 Å². The summed E-state index contributed by atoms with van der Waals surface area (Å²) in [5.74, 6) is 0.447.